The van der Waals surface area contributed by atoms with Gasteiger partial charge in [-0.05, 0) is 69.6 Å². The van der Waals surface area contributed by atoms with Gasteiger partial charge < -0.3 is 10.1 Å². The number of hydrogen-bond acceptors (Lipinski definition) is 5. The molecule has 2 aromatic carbocycles. The largest absolute Gasteiger partial charge is 0.463 e. The maximum Gasteiger partial charge on any atom is 0.308 e. The van der Waals surface area contributed by atoms with Crippen LogP contribution >= 0.6 is 11.6 Å². The molecule has 0 aliphatic carbocycles. The Balaban J connectivity index is 2.42. The first-order valence-electron chi connectivity index (χ1n) is 9.75. The number of esters is 1. The van der Waals surface area contributed by atoms with Crippen molar-refractivity contribution in [2.24, 2.45) is 0 Å². The van der Waals surface area contributed by atoms with E-state index in [2.05, 4.69) is 10.0 Å². The zero-order chi connectivity index (χ0) is 23.3. The lowest BCUT2D eigenvalue weighted by molar-refractivity contribution is -0.147. The second-order valence-corrected chi connectivity index (χ2v) is 9.68. The van der Waals surface area contributed by atoms with Gasteiger partial charge in [0, 0.05) is 10.6 Å². The van der Waals surface area contributed by atoms with Crippen LogP contribution in [0.3, 0.4) is 0 Å². The molecule has 1 atom stereocenters. The molecule has 31 heavy (non-hydrogen) atoms. The Bertz CT molecular complexity index is 1080. The van der Waals surface area contributed by atoms with Crippen LogP contribution in [-0.4, -0.2) is 33.4 Å². The fraction of sp³-hybridized carbons (Fsp3) is 0.364. The average Bonchev–Trinajstić information content (AvgIpc) is 2.68. The normalized spacial score (nSPS) is 12.5. The fourth-order valence-corrected chi connectivity index (χ4v) is 4.40. The van der Waals surface area contributed by atoms with Crippen LogP contribution in [0, 0.1) is 13.8 Å². The van der Waals surface area contributed by atoms with E-state index in [-0.39, 0.29) is 23.0 Å². The first kappa shape index (κ1) is 24.8. The first-order chi connectivity index (χ1) is 14.5. The molecular weight excluding hydrogens is 440 g/mol. The Labute approximate surface area is 188 Å². The van der Waals surface area contributed by atoms with Crippen molar-refractivity contribution in [3.05, 3.63) is 63.7 Å². The van der Waals surface area contributed by atoms with Gasteiger partial charge in [-0.1, -0.05) is 29.8 Å². The van der Waals surface area contributed by atoms with Crippen LogP contribution in [0.5, 0.6) is 0 Å². The molecule has 2 aromatic rings. The van der Waals surface area contributed by atoms with Gasteiger partial charge in [-0.25, -0.2) is 13.1 Å². The number of benzene rings is 2. The van der Waals surface area contributed by atoms with E-state index in [9.17, 15) is 18.0 Å². The predicted molar refractivity (Wildman–Crippen MR) is 120 cm³/mol. The summed E-state index contributed by atoms with van der Waals surface area (Å²) in [6.07, 6.45) is -0.427. The molecule has 0 fully saturated rings. The number of ether oxygens (including phenoxy) is 1. The summed E-state index contributed by atoms with van der Waals surface area (Å²) >= 11 is 6.30. The van der Waals surface area contributed by atoms with Gasteiger partial charge in [0.05, 0.1) is 23.5 Å². The first-order valence-corrected chi connectivity index (χ1v) is 11.6. The molecule has 2 N–H and O–H groups in total. The number of hydrogen-bond donors (Lipinski definition) is 2. The average molecular weight is 467 g/mol. The molecule has 0 saturated heterocycles. The Morgan fingerprint density at radius 2 is 1.77 bits per heavy atom. The van der Waals surface area contributed by atoms with Gasteiger partial charge in [-0.2, -0.15) is 0 Å². The van der Waals surface area contributed by atoms with Gasteiger partial charge >= 0.3 is 5.97 Å². The summed E-state index contributed by atoms with van der Waals surface area (Å²) in [7, 11) is -2.44. The Kier molecular flexibility index (Phi) is 8.22. The van der Waals surface area contributed by atoms with Crippen molar-refractivity contribution >= 4 is 33.5 Å². The van der Waals surface area contributed by atoms with Gasteiger partial charge in [0.1, 0.15) is 0 Å². The molecule has 0 aliphatic heterocycles. The van der Waals surface area contributed by atoms with Crippen LogP contribution in [0.1, 0.15) is 53.4 Å². The second kappa shape index (κ2) is 10.3. The number of nitrogens with one attached hydrogen (secondary N) is 2. The van der Waals surface area contributed by atoms with Crippen molar-refractivity contribution in [2.45, 2.75) is 51.2 Å². The lowest BCUT2D eigenvalue weighted by Gasteiger charge is -2.21. The summed E-state index contributed by atoms with van der Waals surface area (Å²) in [4.78, 5) is 25.4. The van der Waals surface area contributed by atoms with E-state index in [4.69, 9.17) is 16.3 Å². The molecule has 0 aromatic heterocycles. The lowest BCUT2D eigenvalue weighted by atomic mass is 10.0. The van der Waals surface area contributed by atoms with E-state index in [0.29, 0.717) is 21.7 Å². The third-order valence-electron chi connectivity index (χ3n) is 4.76. The lowest BCUT2D eigenvalue weighted by Crippen LogP contribution is -2.31. The molecule has 0 spiro atoms. The predicted octanol–water partition coefficient (Wildman–Crippen LogP) is 3.68. The summed E-state index contributed by atoms with van der Waals surface area (Å²) in [6.45, 7) is 6.88. The van der Waals surface area contributed by atoms with Gasteiger partial charge in [0.25, 0.3) is 5.91 Å². The SMILES string of the molecule is CNS(=O)(=O)c1cc(C(=O)NC(CC(=O)OC(C)C)c2ccccc2Cl)cc(C)c1C. The number of amides is 1. The van der Waals surface area contributed by atoms with Crippen molar-refractivity contribution in [1.29, 1.82) is 0 Å². The van der Waals surface area contributed by atoms with Crippen LogP contribution in [0.25, 0.3) is 0 Å². The minimum Gasteiger partial charge on any atom is -0.463 e. The summed E-state index contributed by atoms with van der Waals surface area (Å²) in [5.41, 5.74) is 1.92. The van der Waals surface area contributed by atoms with Crippen LogP contribution < -0.4 is 10.0 Å². The quantitative estimate of drug-likeness (QED) is 0.578. The summed E-state index contributed by atoms with van der Waals surface area (Å²) < 4.78 is 32.2. The van der Waals surface area contributed by atoms with Gasteiger partial charge in [0.2, 0.25) is 10.0 Å². The number of carbonyl (C=O) groups excluding carboxylic acids is 2. The van der Waals surface area contributed by atoms with E-state index in [1.54, 1.807) is 58.0 Å². The van der Waals surface area contributed by atoms with E-state index in [1.165, 1.54) is 13.1 Å². The van der Waals surface area contributed by atoms with Crippen LogP contribution in [0.2, 0.25) is 5.02 Å². The molecule has 2 rings (SSSR count). The minimum atomic E-state index is -3.75. The number of carbonyl (C=O) groups is 2. The Morgan fingerprint density at radius 3 is 2.35 bits per heavy atom. The molecule has 1 amide bonds. The highest BCUT2D eigenvalue weighted by Crippen LogP contribution is 2.27. The van der Waals surface area contributed by atoms with Crippen molar-refractivity contribution in [2.75, 3.05) is 7.05 Å². The standard InChI is InChI=1S/C22H27ClN2O5S/c1-13(2)30-21(26)12-19(17-8-6-7-9-18(17)23)25-22(27)16-10-14(3)15(4)20(11-16)31(28,29)24-5/h6-11,13,19,24H,12H2,1-5H3,(H,25,27). The summed E-state index contributed by atoms with van der Waals surface area (Å²) in [5.74, 6) is -1.02. The van der Waals surface area contributed by atoms with E-state index in [1.807, 2.05) is 0 Å². The maximum atomic E-state index is 13.1. The third-order valence-corrected chi connectivity index (χ3v) is 6.65. The monoisotopic (exact) mass is 466 g/mol. The minimum absolute atomic E-state index is 0.0219. The van der Waals surface area contributed by atoms with E-state index >= 15 is 0 Å². The van der Waals surface area contributed by atoms with Crippen molar-refractivity contribution < 1.29 is 22.7 Å². The van der Waals surface area contributed by atoms with Gasteiger partial charge in [-0.3, -0.25) is 9.59 Å². The number of aryl methyl sites for hydroxylation is 1. The summed E-state index contributed by atoms with van der Waals surface area (Å²) in [6, 6.07) is 9.05. The zero-order valence-corrected chi connectivity index (χ0v) is 19.7. The molecule has 0 radical (unpaired) electrons. The van der Waals surface area contributed by atoms with E-state index < -0.39 is 27.9 Å². The van der Waals surface area contributed by atoms with Gasteiger partial charge in [-0.15, -0.1) is 0 Å². The van der Waals surface area contributed by atoms with Crippen LogP contribution in [-0.2, 0) is 19.6 Å². The smallest absolute Gasteiger partial charge is 0.308 e. The number of halogens is 1. The Hall–Kier alpha value is -2.42. The van der Waals surface area contributed by atoms with Gasteiger partial charge in [0.15, 0.2) is 0 Å². The number of sulfonamides is 1. The van der Waals surface area contributed by atoms with Crippen molar-refractivity contribution in [3.8, 4) is 0 Å². The maximum absolute atomic E-state index is 13.1. The second-order valence-electron chi connectivity index (χ2n) is 7.41. The molecule has 0 saturated carbocycles. The molecule has 0 bridgehead atoms. The van der Waals surface area contributed by atoms with E-state index in [0.717, 1.165) is 0 Å². The molecule has 0 heterocycles. The highest BCUT2D eigenvalue weighted by atomic mass is 35.5. The zero-order valence-electron chi connectivity index (χ0n) is 18.2. The molecule has 1 unspecified atom stereocenters. The summed E-state index contributed by atoms with van der Waals surface area (Å²) in [5, 5.41) is 3.19. The highest BCUT2D eigenvalue weighted by molar-refractivity contribution is 7.89. The highest BCUT2D eigenvalue weighted by Gasteiger charge is 2.24. The fourth-order valence-electron chi connectivity index (χ4n) is 3.06. The molecule has 168 valence electrons. The molecule has 0 aliphatic rings. The topological polar surface area (TPSA) is 102 Å². The van der Waals surface area contributed by atoms with Crippen molar-refractivity contribution in [1.82, 2.24) is 10.0 Å². The van der Waals surface area contributed by atoms with Crippen LogP contribution in [0.4, 0.5) is 0 Å². The van der Waals surface area contributed by atoms with Crippen LogP contribution in [0.15, 0.2) is 41.3 Å². The number of rotatable bonds is 8. The Morgan fingerprint density at radius 1 is 1.13 bits per heavy atom. The molecule has 7 nitrogen and oxygen atoms in total. The van der Waals surface area contributed by atoms with Crippen molar-refractivity contribution in [3.63, 3.8) is 0 Å². The molecular formula is C22H27ClN2O5S. The molecule has 9 heteroatoms. The third kappa shape index (κ3) is 6.29.